The zero-order chi connectivity index (χ0) is 23.0. The third-order valence-corrected chi connectivity index (χ3v) is 7.83. The second-order valence-corrected chi connectivity index (χ2v) is 10.6. The van der Waals surface area contributed by atoms with E-state index in [9.17, 15) is 28.5 Å². The van der Waals surface area contributed by atoms with Crippen molar-refractivity contribution in [3.8, 4) is 0 Å². The molecule has 0 amide bonds. The Morgan fingerprint density at radius 2 is 1.90 bits per heavy atom. The summed E-state index contributed by atoms with van der Waals surface area (Å²) in [5, 5.41) is 10.4. The van der Waals surface area contributed by atoms with Gasteiger partial charge in [-0.25, -0.2) is 18.5 Å². The van der Waals surface area contributed by atoms with Crippen LogP contribution >= 0.6 is 23.5 Å². The van der Waals surface area contributed by atoms with Crippen molar-refractivity contribution in [3.63, 3.8) is 0 Å². The van der Waals surface area contributed by atoms with Crippen molar-refractivity contribution in [2.24, 2.45) is 0 Å². The molecule has 0 spiro atoms. The zero-order valence-electron chi connectivity index (χ0n) is 15.2. The minimum atomic E-state index is -5.68. The minimum absolute atomic E-state index is 0.00239. The molecule has 0 bridgehead atoms. The van der Waals surface area contributed by atoms with Crippen LogP contribution in [-0.2, 0) is 31.6 Å². The van der Waals surface area contributed by atoms with Crippen LogP contribution in [-0.4, -0.2) is 52.5 Å². The lowest BCUT2D eigenvalue weighted by Gasteiger charge is -2.31. The number of hydrogen-bond acceptors (Lipinski definition) is 11. The molecule has 1 saturated heterocycles. The van der Waals surface area contributed by atoms with Crippen molar-refractivity contribution >= 4 is 29.3 Å². The molecular weight excluding hydrogens is 475 g/mol. The fraction of sp³-hybridized carbons (Fsp3) is 0.636. The summed E-state index contributed by atoms with van der Waals surface area (Å²) < 4.78 is 52.4. The van der Waals surface area contributed by atoms with E-state index in [1.165, 1.54) is 19.2 Å². The highest BCUT2D eigenvalue weighted by molar-refractivity contribution is 7.66. The summed E-state index contributed by atoms with van der Waals surface area (Å²) >= 11 is 0. The van der Waals surface area contributed by atoms with Gasteiger partial charge in [-0.3, -0.25) is 9.09 Å². The van der Waals surface area contributed by atoms with Gasteiger partial charge in [0.2, 0.25) is 0 Å². The second kappa shape index (κ2) is 8.87. The molecule has 1 fully saturated rings. The molecule has 2 heterocycles. The normalized spacial score (nSPS) is 28.7. The van der Waals surface area contributed by atoms with Gasteiger partial charge in [-0.15, -0.1) is 0 Å². The lowest BCUT2D eigenvalue weighted by Crippen LogP contribution is -2.43. The van der Waals surface area contributed by atoms with Gasteiger partial charge in [0.1, 0.15) is 17.6 Å². The average molecular weight is 495 g/mol. The maximum absolute atomic E-state index is 12.0. The fourth-order valence-corrected chi connectivity index (χ4v) is 5.74. The van der Waals surface area contributed by atoms with E-state index in [0.29, 0.717) is 0 Å². The Balaban J connectivity index is 2.13. The van der Waals surface area contributed by atoms with Gasteiger partial charge in [0, 0.05) is 12.6 Å². The number of aromatic nitrogens is 2. The smallest absolute Gasteiger partial charge is 0.390 e. The summed E-state index contributed by atoms with van der Waals surface area (Å²) in [5.41, 5.74) is 2.99. The summed E-state index contributed by atoms with van der Waals surface area (Å²) in [6.07, 6.45) is -1.22. The first-order chi connectivity index (χ1) is 13.6. The molecule has 30 heavy (non-hydrogen) atoms. The Bertz CT molecular complexity index is 979. The number of hydrogen-bond donors (Lipinski definition) is 6. The average Bonchev–Trinajstić information content (AvgIpc) is 2.86. The van der Waals surface area contributed by atoms with E-state index in [2.05, 4.69) is 18.1 Å². The predicted molar refractivity (Wildman–Crippen MR) is 96.5 cm³/mol. The molecule has 1 aromatic rings. The van der Waals surface area contributed by atoms with Gasteiger partial charge >= 0.3 is 29.2 Å². The third kappa shape index (κ3) is 6.50. The van der Waals surface area contributed by atoms with Crippen molar-refractivity contribution in [3.05, 3.63) is 22.7 Å². The van der Waals surface area contributed by atoms with Gasteiger partial charge in [0.15, 0.2) is 0 Å². The van der Waals surface area contributed by atoms with Crippen LogP contribution in [0, 0.1) is 0 Å². The molecule has 5 atom stereocenters. The van der Waals surface area contributed by atoms with Crippen LogP contribution in [0.4, 0.5) is 5.82 Å². The molecule has 1 aliphatic rings. The second-order valence-electron chi connectivity index (χ2n) is 6.15. The van der Waals surface area contributed by atoms with E-state index >= 15 is 0 Å². The highest BCUT2D eigenvalue weighted by Crippen LogP contribution is 2.66. The lowest BCUT2D eigenvalue weighted by molar-refractivity contribution is -0.128. The highest BCUT2D eigenvalue weighted by Gasteiger charge is 2.50. The fourth-order valence-electron chi connectivity index (χ4n) is 2.66. The maximum atomic E-state index is 12.0. The molecule has 1 aromatic heterocycles. The Labute approximate surface area is 168 Å². The van der Waals surface area contributed by atoms with Crippen molar-refractivity contribution in [2.75, 3.05) is 12.3 Å². The lowest BCUT2D eigenvalue weighted by atomic mass is 9.95. The molecule has 1 aliphatic heterocycles. The zero-order valence-corrected chi connectivity index (χ0v) is 17.9. The van der Waals surface area contributed by atoms with Crippen molar-refractivity contribution in [1.29, 1.82) is 0 Å². The summed E-state index contributed by atoms with van der Waals surface area (Å²) in [7, 11) is -16.6. The molecule has 0 radical (unpaired) electrons. The quantitative estimate of drug-likeness (QED) is 0.238. The first-order valence-corrected chi connectivity index (χ1v) is 12.6. The number of ether oxygens (including phenoxy) is 1. The topological polar surface area (TPSA) is 250 Å². The Morgan fingerprint density at radius 1 is 1.27 bits per heavy atom. The van der Waals surface area contributed by atoms with Gasteiger partial charge in [0.25, 0.3) is 0 Å². The number of phosphoric acid groups is 3. The summed E-state index contributed by atoms with van der Waals surface area (Å²) in [6, 6.07) is 1.31. The number of nitrogens with two attached hydrogens (primary N) is 1. The number of aliphatic hydroxyl groups is 1. The van der Waals surface area contributed by atoms with Crippen LogP contribution < -0.4 is 11.4 Å². The van der Waals surface area contributed by atoms with Crippen LogP contribution in [0.3, 0.4) is 0 Å². The minimum Gasteiger partial charge on any atom is -0.390 e. The first-order valence-electron chi connectivity index (χ1n) is 8.07. The van der Waals surface area contributed by atoms with Crippen LogP contribution in [0.25, 0.3) is 0 Å². The van der Waals surface area contributed by atoms with E-state index in [1.54, 1.807) is 0 Å². The molecule has 0 saturated carbocycles. The number of nitrogens with zero attached hydrogens (tertiary/aromatic N) is 2. The summed E-state index contributed by atoms with van der Waals surface area (Å²) in [6.45, 7) is 0.665. The van der Waals surface area contributed by atoms with Crippen molar-refractivity contribution in [1.82, 2.24) is 9.55 Å². The van der Waals surface area contributed by atoms with E-state index < -0.39 is 53.7 Å². The van der Waals surface area contributed by atoms with E-state index in [-0.39, 0.29) is 18.7 Å². The number of phosphoric ester groups is 1. The van der Waals surface area contributed by atoms with Crippen LogP contribution in [0.15, 0.2) is 17.1 Å². The molecule has 7 N–H and O–H groups in total. The summed E-state index contributed by atoms with van der Waals surface area (Å²) in [5.74, 6) is -0.0378. The third-order valence-electron chi connectivity index (χ3n) is 4.05. The van der Waals surface area contributed by atoms with Crippen LogP contribution in [0.5, 0.6) is 0 Å². The molecule has 0 aliphatic carbocycles. The maximum Gasteiger partial charge on any atom is 0.490 e. The van der Waals surface area contributed by atoms with Gasteiger partial charge in [-0.05, 0) is 12.5 Å². The SMILES string of the molecule is CCC1(COP(=O)(O)OP(=O)(O)OP(=O)(O)O)OC(n2ccc(N)nc2=O)CC1O. The molecule has 5 unspecified atom stereocenters. The Hall–Kier alpha value is -0.990. The summed E-state index contributed by atoms with van der Waals surface area (Å²) in [4.78, 5) is 51.3. The molecule has 2 rings (SSSR count). The van der Waals surface area contributed by atoms with Crippen molar-refractivity contribution < 1.29 is 56.3 Å². The number of anilines is 1. The number of nitrogen functional groups attached to an aromatic ring is 1. The number of rotatable bonds is 9. The molecule has 19 heteroatoms. The van der Waals surface area contributed by atoms with Crippen LogP contribution in [0.1, 0.15) is 26.0 Å². The van der Waals surface area contributed by atoms with Gasteiger partial charge in [0.05, 0.1) is 12.7 Å². The number of aliphatic hydroxyl groups excluding tert-OH is 1. The van der Waals surface area contributed by atoms with E-state index in [4.69, 9.17) is 25.2 Å². The Kier molecular flexibility index (Phi) is 7.47. The van der Waals surface area contributed by atoms with Gasteiger partial charge < -0.3 is 35.2 Å². The molecule has 172 valence electrons. The van der Waals surface area contributed by atoms with Gasteiger partial charge in [-0.1, -0.05) is 6.92 Å². The van der Waals surface area contributed by atoms with Crippen molar-refractivity contribution in [2.45, 2.75) is 37.7 Å². The standard InChI is InChI=1S/C11H20N3O13P3/c1-2-11(6-24-29(20,21)27-30(22,23)26-28(17,18)19)7(15)5-9(25-11)14-4-3-8(12)13-10(14)16/h3-4,7,9,15H,2,5-6H2,1H3,(H,20,21)(H,22,23)(H2,12,13,16)(H2,17,18,19). The monoisotopic (exact) mass is 495 g/mol. The van der Waals surface area contributed by atoms with E-state index in [0.717, 1.165) is 4.57 Å². The largest absolute Gasteiger partial charge is 0.490 e. The highest BCUT2D eigenvalue weighted by atomic mass is 31.3. The predicted octanol–water partition coefficient (Wildman–Crippen LogP) is -0.403. The Morgan fingerprint density at radius 3 is 2.43 bits per heavy atom. The van der Waals surface area contributed by atoms with Crippen LogP contribution in [0.2, 0.25) is 0 Å². The molecule has 0 aromatic carbocycles. The molecular formula is C11H20N3O13P3. The van der Waals surface area contributed by atoms with Gasteiger partial charge in [-0.2, -0.15) is 13.6 Å². The first kappa shape index (κ1) is 25.3. The molecule has 16 nitrogen and oxygen atoms in total. The van der Waals surface area contributed by atoms with E-state index in [1.807, 2.05) is 0 Å².